The Morgan fingerprint density at radius 2 is 1.69 bits per heavy atom. The van der Waals surface area contributed by atoms with Crippen LogP contribution in [0.2, 0.25) is 0 Å². The van der Waals surface area contributed by atoms with Crippen LogP contribution in [0.1, 0.15) is 11.1 Å². The average Bonchev–Trinajstić information content (AvgIpc) is 2.75. The summed E-state index contributed by atoms with van der Waals surface area (Å²) < 4.78 is 1.42. The van der Waals surface area contributed by atoms with Crippen LogP contribution in [-0.4, -0.2) is 0 Å². The SMILES string of the molecule is c1ccc2c(c1)Cc1csc3cccc-2c13. The molecule has 0 saturated carbocycles. The maximum absolute atomic E-state index is 2.31. The summed E-state index contributed by atoms with van der Waals surface area (Å²) in [7, 11) is 0. The molecule has 0 bridgehead atoms. The molecule has 1 heteroatoms. The van der Waals surface area contributed by atoms with E-state index in [0.29, 0.717) is 0 Å². The molecule has 0 fully saturated rings. The molecule has 0 nitrogen and oxygen atoms in total. The van der Waals surface area contributed by atoms with Gasteiger partial charge in [0.25, 0.3) is 0 Å². The Bertz CT molecular complexity index is 691. The van der Waals surface area contributed by atoms with Crippen molar-refractivity contribution in [2.24, 2.45) is 0 Å². The smallest absolute Gasteiger partial charge is 0.0351 e. The van der Waals surface area contributed by atoms with Gasteiger partial charge in [0.05, 0.1) is 0 Å². The standard InChI is InChI=1S/C15H10S/c1-2-5-12-10(4-1)8-11-9-16-14-7-3-6-13(12)15(11)14/h1-7,9H,8H2. The van der Waals surface area contributed by atoms with Gasteiger partial charge in [-0.3, -0.25) is 0 Å². The molecule has 0 unspecified atom stereocenters. The van der Waals surface area contributed by atoms with E-state index in [1.165, 1.54) is 32.3 Å². The van der Waals surface area contributed by atoms with Gasteiger partial charge in [0, 0.05) is 10.1 Å². The van der Waals surface area contributed by atoms with Gasteiger partial charge in [0.2, 0.25) is 0 Å². The molecule has 2 aromatic carbocycles. The molecule has 16 heavy (non-hydrogen) atoms. The number of hydrogen-bond acceptors (Lipinski definition) is 1. The van der Waals surface area contributed by atoms with Crippen molar-refractivity contribution in [3.8, 4) is 11.1 Å². The lowest BCUT2D eigenvalue weighted by Crippen LogP contribution is -1.97. The van der Waals surface area contributed by atoms with Crippen LogP contribution in [0.5, 0.6) is 0 Å². The summed E-state index contributed by atoms with van der Waals surface area (Å²) in [5.74, 6) is 0. The average molecular weight is 222 g/mol. The lowest BCUT2D eigenvalue weighted by molar-refractivity contribution is 1.21. The minimum Gasteiger partial charge on any atom is -0.143 e. The summed E-state index contributed by atoms with van der Waals surface area (Å²) in [4.78, 5) is 0. The predicted molar refractivity (Wildman–Crippen MR) is 70.1 cm³/mol. The van der Waals surface area contributed by atoms with E-state index in [1.54, 1.807) is 0 Å². The third-order valence-corrected chi connectivity index (χ3v) is 4.36. The topological polar surface area (TPSA) is 0 Å². The van der Waals surface area contributed by atoms with Gasteiger partial charge in [-0.1, -0.05) is 36.4 Å². The van der Waals surface area contributed by atoms with E-state index in [0.717, 1.165) is 6.42 Å². The molecular weight excluding hydrogens is 212 g/mol. The van der Waals surface area contributed by atoms with E-state index in [9.17, 15) is 0 Å². The highest BCUT2D eigenvalue weighted by atomic mass is 32.1. The summed E-state index contributed by atoms with van der Waals surface area (Å²) in [6.45, 7) is 0. The molecule has 0 N–H and O–H groups in total. The molecule has 0 amide bonds. The fraction of sp³-hybridized carbons (Fsp3) is 0.0667. The maximum atomic E-state index is 2.31. The summed E-state index contributed by atoms with van der Waals surface area (Å²) in [6, 6.07) is 15.4. The number of fused-ring (bicyclic) bond motifs is 2. The summed E-state index contributed by atoms with van der Waals surface area (Å²) >= 11 is 1.86. The lowest BCUT2D eigenvalue weighted by Gasteiger charge is -2.16. The Hall–Kier alpha value is -1.60. The van der Waals surface area contributed by atoms with Crippen LogP contribution >= 0.6 is 11.3 Å². The molecule has 1 aromatic heterocycles. The monoisotopic (exact) mass is 222 g/mol. The Balaban J connectivity index is 2.22. The third-order valence-electron chi connectivity index (χ3n) is 3.36. The fourth-order valence-corrected chi connectivity index (χ4v) is 3.64. The lowest BCUT2D eigenvalue weighted by atomic mass is 9.87. The van der Waals surface area contributed by atoms with Crippen molar-refractivity contribution in [3.63, 3.8) is 0 Å². The molecule has 76 valence electrons. The Labute approximate surface area is 98.2 Å². The van der Waals surface area contributed by atoms with Crippen molar-refractivity contribution in [2.75, 3.05) is 0 Å². The minimum atomic E-state index is 1.09. The van der Waals surface area contributed by atoms with Gasteiger partial charge in [-0.25, -0.2) is 0 Å². The van der Waals surface area contributed by atoms with Crippen LogP contribution in [0.4, 0.5) is 0 Å². The molecule has 0 atom stereocenters. The van der Waals surface area contributed by atoms with Gasteiger partial charge < -0.3 is 0 Å². The molecule has 3 aromatic rings. The fourth-order valence-electron chi connectivity index (χ4n) is 2.65. The zero-order chi connectivity index (χ0) is 10.5. The summed E-state index contributed by atoms with van der Waals surface area (Å²) in [5.41, 5.74) is 5.78. The van der Waals surface area contributed by atoms with Gasteiger partial charge in [0.1, 0.15) is 0 Å². The second kappa shape index (κ2) is 2.96. The predicted octanol–water partition coefficient (Wildman–Crippen LogP) is 4.47. The largest absolute Gasteiger partial charge is 0.143 e. The van der Waals surface area contributed by atoms with Crippen molar-refractivity contribution in [1.29, 1.82) is 0 Å². The summed E-state index contributed by atoms with van der Waals surface area (Å²) in [6.07, 6.45) is 1.09. The molecule has 0 saturated heterocycles. The molecule has 4 rings (SSSR count). The molecular formula is C15H10S. The van der Waals surface area contributed by atoms with Gasteiger partial charge >= 0.3 is 0 Å². The first-order valence-corrected chi connectivity index (χ1v) is 6.39. The van der Waals surface area contributed by atoms with Crippen LogP contribution in [0, 0.1) is 0 Å². The first-order chi connectivity index (χ1) is 7.93. The van der Waals surface area contributed by atoms with E-state index in [4.69, 9.17) is 0 Å². The Kier molecular flexibility index (Phi) is 1.58. The van der Waals surface area contributed by atoms with Crippen molar-refractivity contribution >= 4 is 21.4 Å². The number of benzene rings is 2. The maximum Gasteiger partial charge on any atom is 0.0351 e. The van der Waals surface area contributed by atoms with E-state index in [-0.39, 0.29) is 0 Å². The third kappa shape index (κ3) is 0.987. The second-order valence-corrected chi connectivity index (χ2v) is 5.18. The highest BCUT2D eigenvalue weighted by molar-refractivity contribution is 7.17. The Morgan fingerprint density at radius 3 is 2.69 bits per heavy atom. The normalized spacial score (nSPS) is 12.8. The van der Waals surface area contributed by atoms with Crippen LogP contribution in [0.15, 0.2) is 47.8 Å². The van der Waals surface area contributed by atoms with Crippen molar-refractivity contribution in [3.05, 3.63) is 59.0 Å². The van der Waals surface area contributed by atoms with Gasteiger partial charge in [-0.2, -0.15) is 0 Å². The van der Waals surface area contributed by atoms with E-state index in [1.807, 2.05) is 11.3 Å². The zero-order valence-corrected chi connectivity index (χ0v) is 9.55. The van der Waals surface area contributed by atoms with Crippen LogP contribution < -0.4 is 0 Å². The van der Waals surface area contributed by atoms with Gasteiger partial charge in [-0.05, 0) is 40.1 Å². The van der Waals surface area contributed by atoms with E-state index >= 15 is 0 Å². The minimum absolute atomic E-state index is 1.09. The molecule has 0 aliphatic heterocycles. The molecule has 0 spiro atoms. The molecule has 1 aliphatic rings. The second-order valence-electron chi connectivity index (χ2n) is 4.27. The van der Waals surface area contributed by atoms with Gasteiger partial charge in [0.15, 0.2) is 0 Å². The van der Waals surface area contributed by atoms with Crippen molar-refractivity contribution < 1.29 is 0 Å². The highest BCUT2D eigenvalue weighted by Gasteiger charge is 2.18. The first kappa shape index (κ1) is 8.54. The van der Waals surface area contributed by atoms with Crippen LogP contribution in [0.3, 0.4) is 0 Å². The number of thiophene rings is 1. The highest BCUT2D eigenvalue weighted by Crippen LogP contribution is 2.41. The van der Waals surface area contributed by atoms with Gasteiger partial charge in [-0.15, -0.1) is 11.3 Å². The van der Waals surface area contributed by atoms with Crippen molar-refractivity contribution in [1.82, 2.24) is 0 Å². The van der Waals surface area contributed by atoms with Crippen LogP contribution in [0.25, 0.3) is 21.2 Å². The molecule has 0 radical (unpaired) electrons. The quantitative estimate of drug-likeness (QED) is 0.411. The summed E-state index contributed by atoms with van der Waals surface area (Å²) in [5, 5.41) is 3.79. The van der Waals surface area contributed by atoms with Crippen molar-refractivity contribution in [2.45, 2.75) is 6.42 Å². The number of hydrogen-bond donors (Lipinski definition) is 0. The molecule has 1 heterocycles. The van der Waals surface area contributed by atoms with Crippen LogP contribution in [-0.2, 0) is 6.42 Å². The zero-order valence-electron chi connectivity index (χ0n) is 8.73. The van der Waals surface area contributed by atoms with E-state index < -0.39 is 0 Å². The first-order valence-electron chi connectivity index (χ1n) is 5.51. The Morgan fingerprint density at radius 1 is 0.812 bits per heavy atom. The van der Waals surface area contributed by atoms with E-state index in [2.05, 4.69) is 47.8 Å². The molecule has 1 aliphatic carbocycles. The number of rotatable bonds is 0.